The molecular weight excluding hydrogens is 128 g/mol. The number of rotatable bonds is 2. The van der Waals surface area contributed by atoms with Gasteiger partial charge in [0.25, 0.3) is 0 Å². The van der Waals surface area contributed by atoms with E-state index in [-0.39, 0.29) is 0 Å². The highest BCUT2D eigenvalue weighted by atomic mass is 16.3. The van der Waals surface area contributed by atoms with Crippen LogP contribution in [-0.2, 0) is 0 Å². The van der Waals surface area contributed by atoms with Gasteiger partial charge in [-0.2, -0.15) is 0 Å². The normalized spacial score (nSPS) is 13.0. The lowest BCUT2D eigenvalue weighted by Crippen LogP contribution is -2.14. The number of nitrogens with one attached hydrogen (secondary N) is 1. The lowest BCUT2D eigenvalue weighted by atomic mass is 10.2. The highest BCUT2D eigenvalue weighted by Gasteiger charge is 2.00. The van der Waals surface area contributed by atoms with E-state index in [1.54, 1.807) is 25.5 Å². The van der Waals surface area contributed by atoms with Crippen LogP contribution in [0.25, 0.3) is 0 Å². The summed E-state index contributed by atoms with van der Waals surface area (Å²) in [4.78, 5) is 3.85. The van der Waals surface area contributed by atoms with Gasteiger partial charge in [-0.25, -0.2) is 0 Å². The standard InChI is InChI=1S/C7H10N2O/c1-8-7(10)6-3-2-4-9-5-6/h2-5,7-8,10H,1H3. The Morgan fingerprint density at radius 1 is 1.70 bits per heavy atom. The smallest absolute Gasteiger partial charge is 0.132 e. The highest BCUT2D eigenvalue weighted by Crippen LogP contribution is 2.04. The molecule has 1 aromatic heterocycles. The predicted molar refractivity (Wildman–Crippen MR) is 38.3 cm³/mol. The fraction of sp³-hybridized carbons (Fsp3) is 0.286. The Labute approximate surface area is 59.7 Å². The SMILES string of the molecule is CNC(O)c1cccnc1. The van der Waals surface area contributed by atoms with Crippen LogP contribution in [-0.4, -0.2) is 17.1 Å². The number of aliphatic hydroxyl groups is 1. The summed E-state index contributed by atoms with van der Waals surface area (Å²) >= 11 is 0. The summed E-state index contributed by atoms with van der Waals surface area (Å²) in [6.45, 7) is 0. The molecule has 1 rings (SSSR count). The summed E-state index contributed by atoms with van der Waals surface area (Å²) < 4.78 is 0. The molecule has 1 aromatic rings. The molecule has 0 bridgehead atoms. The third kappa shape index (κ3) is 1.52. The number of nitrogens with zero attached hydrogens (tertiary/aromatic N) is 1. The maximum Gasteiger partial charge on any atom is 0.132 e. The van der Waals surface area contributed by atoms with Gasteiger partial charge in [0, 0.05) is 18.0 Å². The van der Waals surface area contributed by atoms with Gasteiger partial charge in [-0.1, -0.05) is 6.07 Å². The summed E-state index contributed by atoms with van der Waals surface area (Å²) in [5, 5.41) is 11.9. The first-order chi connectivity index (χ1) is 4.84. The van der Waals surface area contributed by atoms with Crippen molar-refractivity contribution in [3.05, 3.63) is 30.1 Å². The Kier molecular flexibility index (Phi) is 2.36. The Balaban J connectivity index is 2.75. The largest absolute Gasteiger partial charge is 0.374 e. The van der Waals surface area contributed by atoms with E-state index in [9.17, 15) is 5.11 Å². The number of hydrogen-bond acceptors (Lipinski definition) is 3. The third-order valence-corrected chi connectivity index (χ3v) is 1.27. The van der Waals surface area contributed by atoms with Crippen molar-refractivity contribution in [2.75, 3.05) is 7.05 Å². The molecule has 1 unspecified atom stereocenters. The monoisotopic (exact) mass is 138 g/mol. The quantitative estimate of drug-likeness (QED) is 0.577. The van der Waals surface area contributed by atoms with Gasteiger partial charge >= 0.3 is 0 Å². The van der Waals surface area contributed by atoms with Crippen LogP contribution >= 0.6 is 0 Å². The Bertz CT molecular complexity index is 188. The van der Waals surface area contributed by atoms with Crippen LogP contribution < -0.4 is 5.32 Å². The van der Waals surface area contributed by atoms with Crippen molar-refractivity contribution in [3.8, 4) is 0 Å². The van der Waals surface area contributed by atoms with E-state index in [0.717, 1.165) is 5.56 Å². The zero-order valence-electron chi connectivity index (χ0n) is 5.78. The first kappa shape index (κ1) is 7.18. The van der Waals surface area contributed by atoms with Crippen molar-refractivity contribution in [2.45, 2.75) is 6.23 Å². The number of aromatic nitrogens is 1. The van der Waals surface area contributed by atoms with E-state index < -0.39 is 6.23 Å². The molecule has 0 aliphatic carbocycles. The second kappa shape index (κ2) is 3.29. The van der Waals surface area contributed by atoms with Gasteiger partial charge in [0.2, 0.25) is 0 Å². The van der Waals surface area contributed by atoms with Crippen LogP contribution in [0.2, 0.25) is 0 Å². The number of aliphatic hydroxyl groups excluding tert-OH is 1. The average Bonchev–Trinajstić information content (AvgIpc) is 2.05. The molecule has 1 heterocycles. The minimum absolute atomic E-state index is 0.603. The zero-order chi connectivity index (χ0) is 7.40. The van der Waals surface area contributed by atoms with Crippen LogP contribution in [0.4, 0.5) is 0 Å². The van der Waals surface area contributed by atoms with Crippen molar-refractivity contribution in [1.82, 2.24) is 10.3 Å². The van der Waals surface area contributed by atoms with Crippen molar-refractivity contribution < 1.29 is 5.11 Å². The maximum absolute atomic E-state index is 9.18. The summed E-state index contributed by atoms with van der Waals surface area (Å²) in [6, 6.07) is 3.60. The molecule has 10 heavy (non-hydrogen) atoms. The fourth-order valence-electron chi connectivity index (χ4n) is 0.704. The third-order valence-electron chi connectivity index (χ3n) is 1.27. The van der Waals surface area contributed by atoms with E-state index in [0.29, 0.717) is 0 Å². The lowest BCUT2D eigenvalue weighted by Gasteiger charge is -2.06. The predicted octanol–water partition coefficient (Wildman–Crippen LogP) is 0.292. The fourth-order valence-corrected chi connectivity index (χ4v) is 0.704. The van der Waals surface area contributed by atoms with Gasteiger partial charge in [0.1, 0.15) is 6.23 Å². The molecule has 0 saturated heterocycles. The molecule has 0 aromatic carbocycles. The van der Waals surface area contributed by atoms with E-state index in [4.69, 9.17) is 0 Å². The lowest BCUT2D eigenvalue weighted by molar-refractivity contribution is 0.149. The maximum atomic E-state index is 9.18. The molecule has 0 aliphatic heterocycles. The van der Waals surface area contributed by atoms with Gasteiger partial charge < -0.3 is 5.11 Å². The first-order valence-electron chi connectivity index (χ1n) is 3.10. The Morgan fingerprint density at radius 3 is 3.00 bits per heavy atom. The van der Waals surface area contributed by atoms with Gasteiger partial charge in [-0.15, -0.1) is 0 Å². The molecule has 0 saturated carbocycles. The molecule has 0 amide bonds. The molecule has 0 spiro atoms. The topological polar surface area (TPSA) is 45.1 Å². The van der Waals surface area contributed by atoms with Crippen LogP contribution in [0, 0.1) is 0 Å². The van der Waals surface area contributed by atoms with Crippen LogP contribution in [0.1, 0.15) is 11.8 Å². The minimum atomic E-state index is -0.603. The second-order valence-corrected chi connectivity index (χ2v) is 1.98. The minimum Gasteiger partial charge on any atom is -0.374 e. The Morgan fingerprint density at radius 2 is 2.50 bits per heavy atom. The first-order valence-corrected chi connectivity index (χ1v) is 3.10. The molecule has 54 valence electrons. The summed E-state index contributed by atoms with van der Waals surface area (Å²) in [5.74, 6) is 0. The molecule has 0 aliphatic rings. The van der Waals surface area contributed by atoms with E-state index in [1.807, 2.05) is 6.07 Å². The molecule has 2 N–H and O–H groups in total. The summed E-state index contributed by atoms with van der Waals surface area (Å²) in [7, 11) is 1.69. The van der Waals surface area contributed by atoms with E-state index >= 15 is 0 Å². The average molecular weight is 138 g/mol. The van der Waals surface area contributed by atoms with E-state index in [1.165, 1.54) is 0 Å². The van der Waals surface area contributed by atoms with Gasteiger partial charge in [-0.3, -0.25) is 10.3 Å². The summed E-state index contributed by atoms with van der Waals surface area (Å²) in [6.07, 6.45) is 2.70. The number of hydrogen-bond donors (Lipinski definition) is 2. The summed E-state index contributed by atoms with van der Waals surface area (Å²) in [5.41, 5.74) is 0.782. The molecule has 3 nitrogen and oxygen atoms in total. The molecule has 0 fully saturated rings. The highest BCUT2D eigenvalue weighted by molar-refractivity contribution is 5.10. The molecular formula is C7H10N2O. The number of pyridine rings is 1. The van der Waals surface area contributed by atoms with Gasteiger partial charge in [0.05, 0.1) is 0 Å². The molecule has 0 radical (unpaired) electrons. The van der Waals surface area contributed by atoms with Gasteiger partial charge in [-0.05, 0) is 13.1 Å². The van der Waals surface area contributed by atoms with Crippen LogP contribution in [0.5, 0.6) is 0 Å². The van der Waals surface area contributed by atoms with Crippen LogP contribution in [0.3, 0.4) is 0 Å². The van der Waals surface area contributed by atoms with Crippen molar-refractivity contribution in [3.63, 3.8) is 0 Å². The second-order valence-electron chi connectivity index (χ2n) is 1.98. The Hall–Kier alpha value is -0.930. The van der Waals surface area contributed by atoms with Crippen molar-refractivity contribution in [2.24, 2.45) is 0 Å². The molecule has 3 heteroatoms. The zero-order valence-corrected chi connectivity index (χ0v) is 5.78. The van der Waals surface area contributed by atoms with Crippen molar-refractivity contribution in [1.29, 1.82) is 0 Å². The van der Waals surface area contributed by atoms with Crippen LogP contribution in [0.15, 0.2) is 24.5 Å². The van der Waals surface area contributed by atoms with Gasteiger partial charge in [0.15, 0.2) is 0 Å². The van der Waals surface area contributed by atoms with Crippen molar-refractivity contribution >= 4 is 0 Å². The van der Waals surface area contributed by atoms with E-state index in [2.05, 4.69) is 10.3 Å². The molecule has 1 atom stereocenters.